The number of aryl methyl sites for hydroxylation is 2. The fourth-order valence-electron chi connectivity index (χ4n) is 3.11. The van der Waals surface area contributed by atoms with Crippen LogP contribution in [0.5, 0.6) is 0 Å². The van der Waals surface area contributed by atoms with Gasteiger partial charge in [-0.25, -0.2) is 5.10 Å². The number of hydrogen-bond donors (Lipinski definition) is 2. The number of hydrogen-bond acceptors (Lipinski definition) is 3. The summed E-state index contributed by atoms with van der Waals surface area (Å²) >= 11 is 0. The van der Waals surface area contributed by atoms with E-state index < -0.39 is 0 Å². The Balaban J connectivity index is 1.85. The van der Waals surface area contributed by atoms with E-state index in [1.807, 2.05) is 6.07 Å². The van der Waals surface area contributed by atoms with Crippen LogP contribution in [0.1, 0.15) is 42.4 Å². The van der Waals surface area contributed by atoms with Crippen molar-refractivity contribution in [2.75, 3.05) is 0 Å². The molecule has 0 atom stereocenters. The van der Waals surface area contributed by atoms with Gasteiger partial charge in [-0.2, -0.15) is 5.10 Å². The molecule has 1 fully saturated rings. The Kier molecular flexibility index (Phi) is 4.39. The van der Waals surface area contributed by atoms with E-state index in [1.54, 1.807) is 0 Å². The van der Waals surface area contributed by atoms with Crippen LogP contribution in [-0.2, 0) is 6.54 Å². The quantitative estimate of drug-likeness (QED) is 0.911. The standard InChI is InChI=1S/C18H23N3O/c1-12-7-8-13(2)16(9-12)17-10-14(18(22)21-20-17)11-19-15-5-3-4-6-15/h7-10,15,19H,3-6,11H2,1-2H3,(H,21,22). The van der Waals surface area contributed by atoms with E-state index in [-0.39, 0.29) is 5.56 Å². The summed E-state index contributed by atoms with van der Waals surface area (Å²) in [5.74, 6) is 0. The molecule has 2 N–H and O–H groups in total. The van der Waals surface area contributed by atoms with Crippen molar-refractivity contribution in [1.82, 2.24) is 15.5 Å². The smallest absolute Gasteiger partial charge is 0.268 e. The van der Waals surface area contributed by atoms with Gasteiger partial charge in [0.1, 0.15) is 0 Å². The van der Waals surface area contributed by atoms with Gasteiger partial charge in [0.05, 0.1) is 5.69 Å². The van der Waals surface area contributed by atoms with Crippen LogP contribution in [0.25, 0.3) is 11.3 Å². The highest BCUT2D eigenvalue weighted by atomic mass is 16.1. The van der Waals surface area contributed by atoms with Crippen molar-refractivity contribution in [3.63, 3.8) is 0 Å². The molecule has 4 nitrogen and oxygen atoms in total. The average molecular weight is 297 g/mol. The summed E-state index contributed by atoms with van der Waals surface area (Å²) < 4.78 is 0. The Labute approximate surface area is 131 Å². The highest BCUT2D eigenvalue weighted by molar-refractivity contribution is 5.64. The lowest BCUT2D eigenvalue weighted by atomic mass is 10.0. The predicted octanol–water partition coefficient (Wildman–Crippen LogP) is 3.09. The molecular weight excluding hydrogens is 274 g/mol. The number of benzene rings is 1. The molecule has 4 heteroatoms. The lowest BCUT2D eigenvalue weighted by Crippen LogP contribution is -2.29. The van der Waals surface area contributed by atoms with Gasteiger partial charge >= 0.3 is 0 Å². The van der Waals surface area contributed by atoms with Gasteiger partial charge in [-0.3, -0.25) is 4.79 Å². The number of nitrogens with one attached hydrogen (secondary N) is 2. The zero-order chi connectivity index (χ0) is 15.5. The fourth-order valence-corrected chi connectivity index (χ4v) is 3.11. The molecule has 1 heterocycles. The molecule has 0 aliphatic heterocycles. The number of rotatable bonds is 4. The van der Waals surface area contributed by atoms with Crippen LogP contribution in [0.2, 0.25) is 0 Å². The van der Waals surface area contributed by atoms with Crippen molar-refractivity contribution < 1.29 is 0 Å². The maximum absolute atomic E-state index is 12.0. The van der Waals surface area contributed by atoms with Crippen LogP contribution < -0.4 is 10.9 Å². The number of aromatic nitrogens is 2. The molecule has 1 saturated carbocycles. The van der Waals surface area contributed by atoms with E-state index in [4.69, 9.17) is 0 Å². The van der Waals surface area contributed by atoms with Crippen molar-refractivity contribution in [2.45, 2.75) is 52.1 Å². The van der Waals surface area contributed by atoms with E-state index in [1.165, 1.54) is 36.8 Å². The van der Waals surface area contributed by atoms with Crippen molar-refractivity contribution in [2.24, 2.45) is 0 Å². The predicted molar refractivity (Wildman–Crippen MR) is 88.9 cm³/mol. The van der Waals surface area contributed by atoms with Gasteiger partial charge in [0.15, 0.2) is 0 Å². The third kappa shape index (κ3) is 3.28. The number of aromatic amines is 1. The molecule has 0 saturated heterocycles. The third-order valence-corrected chi connectivity index (χ3v) is 4.49. The average Bonchev–Trinajstić information content (AvgIpc) is 3.02. The van der Waals surface area contributed by atoms with Crippen LogP contribution in [0.4, 0.5) is 0 Å². The Morgan fingerprint density at radius 1 is 1.23 bits per heavy atom. The topological polar surface area (TPSA) is 57.8 Å². The monoisotopic (exact) mass is 297 g/mol. The first-order valence-corrected chi connectivity index (χ1v) is 8.03. The summed E-state index contributed by atoms with van der Waals surface area (Å²) in [5, 5.41) is 10.4. The van der Waals surface area contributed by atoms with Gasteiger partial charge in [-0.05, 0) is 44.4 Å². The highest BCUT2D eigenvalue weighted by Crippen LogP contribution is 2.22. The lowest BCUT2D eigenvalue weighted by Gasteiger charge is -2.12. The molecule has 1 aromatic heterocycles. The maximum atomic E-state index is 12.0. The molecule has 116 valence electrons. The fraction of sp³-hybridized carbons (Fsp3) is 0.444. The van der Waals surface area contributed by atoms with Crippen molar-refractivity contribution in [1.29, 1.82) is 0 Å². The molecule has 2 aromatic rings. The van der Waals surface area contributed by atoms with E-state index in [2.05, 4.69) is 47.6 Å². The van der Waals surface area contributed by atoms with Crippen LogP contribution in [-0.4, -0.2) is 16.2 Å². The minimum Gasteiger partial charge on any atom is -0.310 e. The summed E-state index contributed by atoms with van der Waals surface area (Å²) in [6, 6.07) is 8.77. The largest absolute Gasteiger partial charge is 0.310 e. The number of H-pyrrole nitrogens is 1. The molecule has 0 radical (unpaired) electrons. The molecule has 0 bridgehead atoms. The zero-order valence-corrected chi connectivity index (χ0v) is 13.3. The van der Waals surface area contributed by atoms with Crippen LogP contribution in [0, 0.1) is 13.8 Å². The van der Waals surface area contributed by atoms with E-state index in [0.717, 1.165) is 16.8 Å². The normalized spacial score (nSPS) is 15.4. The summed E-state index contributed by atoms with van der Waals surface area (Å²) in [6.07, 6.45) is 5.01. The summed E-state index contributed by atoms with van der Waals surface area (Å²) in [4.78, 5) is 12.0. The third-order valence-electron chi connectivity index (χ3n) is 4.49. The summed E-state index contributed by atoms with van der Waals surface area (Å²) in [6.45, 7) is 4.75. The highest BCUT2D eigenvalue weighted by Gasteiger charge is 2.15. The van der Waals surface area contributed by atoms with Crippen molar-refractivity contribution in [3.05, 3.63) is 51.3 Å². The van der Waals surface area contributed by atoms with Crippen molar-refractivity contribution in [3.8, 4) is 11.3 Å². The first-order valence-electron chi connectivity index (χ1n) is 8.03. The molecule has 0 unspecified atom stereocenters. The summed E-state index contributed by atoms with van der Waals surface area (Å²) in [5.41, 5.74) is 4.94. The van der Waals surface area contributed by atoms with E-state index >= 15 is 0 Å². The van der Waals surface area contributed by atoms with Gasteiger partial charge in [0.25, 0.3) is 5.56 Å². The molecule has 0 amide bonds. The Hall–Kier alpha value is -1.94. The molecule has 0 spiro atoms. The maximum Gasteiger partial charge on any atom is 0.268 e. The summed E-state index contributed by atoms with van der Waals surface area (Å²) in [7, 11) is 0. The van der Waals surface area contributed by atoms with Crippen LogP contribution >= 0.6 is 0 Å². The second-order valence-corrected chi connectivity index (χ2v) is 6.29. The van der Waals surface area contributed by atoms with Crippen LogP contribution in [0.15, 0.2) is 29.1 Å². The van der Waals surface area contributed by atoms with E-state index in [0.29, 0.717) is 12.6 Å². The minimum atomic E-state index is -0.0976. The van der Waals surface area contributed by atoms with Gasteiger partial charge in [-0.15, -0.1) is 0 Å². The first kappa shape index (κ1) is 15.0. The molecule has 1 aromatic carbocycles. The molecule has 1 aliphatic rings. The van der Waals surface area contributed by atoms with Gasteiger partial charge in [0.2, 0.25) is 0 Å². The van der Waals surface area contributed by atoms with E-state index in [9.17, 15) is 4.79 Å². The number of nitrogens with zero attached hydrogens (tertiary/aromatic N) is 1. The van der Waals surface area contributed by atoms with Gasteiger partial charge in [-0.1, -0.05) is 30.5 Å². The molecular formula is C18H23N3O. The second-order valence-electron chi connectivity index (χ2n) is 6.29. The van der Waals surface area contributed by atoms with Gasteiger partial charge < -0.3 is 5.32 Å². The first-order chi connectivity index (χ1) is 10.6. The SMILES string of the molecule is Cc1ccc(C)c(-c2cc(CNC3CCCC3)c(=O)[nH]n2)c1. The van der Waals surface area contributed by atoms with Crippen molar-refractivity contribution >= 4 is 0 Å². The molecule has 3 rings (SSSR count). The molecule has 22 heavy (non-hydrogen) atoms. The molecule has 1 aliphatic carbocycles. The second kappa shape index (κ2) is 6.44. The Morgan fingerprint density at radius 2 is 2.00 bits per heavy atom. The van der Waals surface area contributed by atoms with Crippen LogP contribution in [0.3, 0.4) is 0 Å². The zero-order valence-electron chi connectivity index (χ0n) is 13.3. The minimum absolute atomic E-state index is 0.0976. The Bertz CT molecular complexity index is 715. The van der Waals surface area contributed by atoms with Gasteiger partial charge in [0, 0.05) is 23.7 Å². The Morgan fingerprint density at radius 3 is 2.77 bits per heavy atom. The lowest BCUT2D eigenvalue weighted by molar-refractivity contribution is 0.522.